The Balaban J connectivity index is 1.73. The predicted molar refractivity (Wildman–Crippen MR) is 85.1 cm³/mol. The van der Waals surface area contributed by atoms with Gasteiger partial charge in [0.1, 0.15) is 6.29 Å². The zero-order valence-corrected chi connectivity index (χ0v) is 12.3. The van der Waals surface area contributed by atoms with Crippen LogP contribution in [0.1, 0.15) is 17.0 Å². The molecule has 0 saturated heterocycles. The fourth-order valence-electron chi connectivity index (χ4n) is 2.60. The quantitative estimate of drug-likeness (QED) is 0.539. The third-order valence-corrected chi connectivity index (χ3v) is 3.69. The molecule has 3 aromatic heterocycles. The van der Waals surface area contributed by atoms with Crippen LogP contribution in [-0.4, -0.2) is 30.9 Å². The number of carbonyl (C=O) groups excluding carboxylic acids is 1. The Morgan fingerprint density at radius 1 is 1.09 bits per heavy atom. The lowest BCUT2D eigenvalue weighted by molar-refractivity contribution is -0.107. The fraction of sp³-hybridized carbons (Fsp3) is 0.118. The van der Waals surface area contributed by atoms with Gasteiger partial charge in [-0.1, -0.05) is 12.1 Å². The standard InChI is InChI=1S/C17H13N5O/c23-7-5-14-10-19-17-20-11-15(22(17)21-14)9-12-3-4-16-13(8-12)2-1-6-18-16/h1-4,6-8,10-11H,5,9H2. The number of hydrogen-bond donors (Lipinski definition) is 0. The number of aldehydes is 1. The maximum Gasteiger partial charge on any atom is 0.250 e. The van der Waals surface area contributed by atoms with Gasteiger partial charge in [-0.2, -0.15) is 5.10 Å². The summed E-state index contributed by atoms with van der Waals surface area (Å²) in [6, 6.07) is 10.2. The zero-order valence-electron chi connectivity index (χ0n) is 12.3. The number of benzene rings is 1. The van der Waals surface area contributed by atoms with Gasteiger partial charge in [0.15, 0.2) is 0 Å². The second-order valence-corrected chi connectivity index (χ2v) is 5.29. The molecule has 6 nitrogen and oxygen atoms in total. The average Bonchev–Trinajstić information content (AvgIpc) is 2.97. The molecule has 0 aliphatic rings. The van der Waals surface area contributed by atoms with E-state index in [0.29, 0.717) is 17.9 Å². The molecule has 4 aromatic rings. The van der Waals surface area contributed by atoms with Gasteiger partial charge >= 0.3 is 0 Å². The number of fused-ring (bicyclic) bond motifs is 2. The van der Waals surface area contributed by atoms with E-state index < -0.39 is 0 Å². The third kappa shape index (κ3) is 2.55. The van der Waals surface area contributed by atoms with Crippen molar-refractivity contribution >= 4 is 23.0 Å². The summed E-state index contributed by atoms with van der Waals surface area (Å²) in [5, 5.41) is 5.53. The summed E-state index contributed by atoms with van der Waals surface area (Å²) in [6.45, 7) is 0. The molecular formula is C17H13N5O. The molecule has 23 heavy (non-hydrogen) atoms. The highest BCUT2D eigenvalue weighted by atomic mass is 16.1. The van der Waals surface area contributed by atoms with E-state index in [1.165, 1.54) is 0 Å². The maximum absolute atomic E-state index is 10.7. The Bertz CT molecular complexity index is 1010. The van der Waals surface area contributed by atoms with E-state index >= 15 is 0 Å². The lowest BCUT2D eigenvalue weighted by Crippen LogP contribution is -2.04. The van der Waals surface area contributed by atoms with Crippen molar-refractivity contribution in [3.05, 3.63) is 65.9 Å². The Kier molecular flexibility index (Phi) is 3.27. The fourth-order valence-corrected chi connectivity index (χ4v) is 2.60. The molecule has 0 spiro atoms. The van der Waals surface area contributed by atoms with Gasteiger partial charge in [-0.3, -0.25) is 4.98 Å². The second kappa shape index (κ2) is 5.57. The number of hydrogen-bond acceptors (Lipinski definition) is 5. The Hall–Kier alpha value is -3.15. The van der Waals surface area contributed by atoms with Crippen LogP contribution in [0.3, 0.4) is 0 Å². The van der Waals surface area contributed by atoms with Crippen LogP contribution in [0.2, 0.25) is 0 Å². The van der Waals surface area contributed by atoms with Gasteiger partial charge in [0.05, 0.1) is 29.3 Å². The van der Waals surface area contributed by atoms with E-state index in [9.17, 15) is 4.79 Å². The van der Waals surface area contributed by atoms with E-state index in [1.54, 1.807) is 23.1 Å². The van der Waals surface area contributed by atoms with E-state index in [-0.39, 0.29) is 6.42 Å². The minimum Gasteiger partial charge on any atom is -0.303 e. The molecule has 0 radical (unpaired) electrons. The van der Waals surface area contributed by atoms with Crippen molar-refractivity contribution in [1.82, 2.24) is 24.6 Å². The first-order valence-electron chi connectivity index (χ1n) is 7.29. The lowest BCUT2D eigenvalue weighted by atomic mass is 10.1. The summed E-state index contributed by atoms with van der Waals surface area (Å²) in [5.74, 6) is 0.539. The van der Waals surface area contributed by atoms with Crippen LogP contribution in [0.15, 0.2) is 48.9 Å². The van der Waals surface area contributed by atoms with Crippen LogP contribution >= 0.6 is 0 Å². The number of aromatic nitrogens is 5. The summed E-state index contributed by atoms with van der Waals surface area (Å²) >= 11 is 0. The SMILES string of the molecule is O=CCc1cnc2ncc(Cc3ccc4ncccc4c3)n2n1. The predicted octanol–water partition coefficient (Wildman–Crippen LogP) is 2.00. The summed E-state index contributed by atoms with van der Waals surface area (Å²) in [4.78, 5) is 23.5. The van der Waals surface area contributed by atoms with Gasteiger partial charge in [0.2, 0.25) is 0 Å². The smallest absolute Gasteiger partial charge is 0.250 e. The molecule has 0 aliphatic heterocycles. The molecule has 1 aromatic carbocycles. The maximum atomic E-state index is 10.7. The topological polar surface area (TPSA) is 73.0 Å². The van der Waals surface area contributed by atoms with E-state index in [4.69, 9.17) is 0 Å². The number of nitrogens with zero attached hydrogens (tertiary/aromatic N) is 5. The van der Waals surface area contributed by atoms with Crippen molar-refractivity contribution in [1.29, 1.82) is 0 Å². The van der Waals surface area contributed by atoms with Crippen molar-refractivity contribution in [3.8, 4) is 0 Å². The normalized spacial score (nSPS) is 11.1. The molecule has 3 heterocycles. The average molecular weight is 303 g/mol. The van der Waals surface area contributed by atoms with Gasteiger partial charge < -0.3 is 4.79 Å². The number of pyridine rings is 1. The van der Waals surface area contributed by atoms with Crippen molar-refractivity contribution in [2.24, 2.45) is 0 Å². The Labute approximate surface area is 131 Å². The molecule has 0 unspecified atom stereocenters. The highest BCUT2D eigenvalue weighted by Gasteiger charge is 2.08. The molecule has 0 bridgehead atoms. The first-order valence-corrected chi connectivity index (χ1v) is 7.29. The largest absolute Gasteiger partial charge is 0.303 e. The highest BCUT2D eigenvalue weighted by Crippen LogP contribution is 2.16. The molecule has 0 amide bonds. The van der Waals surface area contributed by atoms with Crippen LogP contribution in [0.25, 0.3) is 16.7 Å². The first kappa shape index (κ1) is 13.5. The van der Waals surface area contributed by atoms with Crippen molar-refractivity contribution in [2.75, 3.05) is 0 Å². The second-order valence-electron chi connectivity index (χ2n) is 5.29. The summed E-state index contributed by atoms with van der Waals surface area (Å²) < 4.78 is 1.70. The molecule has 0 atom stereocenters. The van der Waals surface area contributed by atoms with Crippen LogP contribution in [0.4, 0.5) is 0 Å². The first-order chi connectivity index (χ1) is 11.3. The van der Waals surface area contributed by atoms with Crippen LogP contribution in [0, 0.1) is 0 Å². The summed E-state index contributed by atoms with van der Waals surface area (Å²) in [7, 11) is 0. The third-order valence-electron chi connectivity index (χ3n) is 3.69. The minimum absolute atomic E-state index is 0.252. The molecule has 6 heteroatoms. The van der Waals surface area contributed by atoms with E-state index in [1.807, 2.05) is 18.2 Å². The number of rotatable bonds is 4. The van der Waals surface area contributed by atoms with Gasteiger partial charge in [-0.25, -0.2) is 14.5 Å². The molecule has 4 rings (SSSR count). The molecule has 112 valence electrons. The summed E-state index contributed by atoms with van der Waals surface area (Å²) in [6.07, 6.45) is 6.91. The van der Waals surface area contributed by atoms with E-state index in [0.717, 1.165) is 28.4 Å². The van der Waals surface area contributed by atoms with Crippen LogP contribution in [-0.2, 0) is 17.6 Å². The minimum atomic E-state index is 0.252. The van der Waals surface area contributed by atoms with Crippen molar-refractivity contribution in [2.45, 2.75) is 12.8 Å². The molecule has 0 fully saturated rings. The van der Waals surface area contributed by atoms with Crippen LogP contribution in [0.5, 0.6) is 0 Å². The molecule has 0 aliphatic carbocycles. The van der Waals surface area contributed by atoms with Gasteiger partial charge in [-0.15, -0.1) is 0 Å². The Morgan fingerprint density at radius 3 is 2.91 bits per heavy atom. The zero-order chi connectivity index (χ0) is 15.6. The summed E-state index contributed by atoms with van der Waals surface area (Å²) in [5.41, 5.74) is 3.69. The van der Waals surface area contributed by atoms with Gasteiger partial charge in [0, 0.05) is 24.4 Å². The lowest BCUT2D eigenvalue weighted by Gasteiger charge is -2.04. The monoisotopic (exact) mass is 303 g/mol. The van der Waals surface area contributed by atoms with E-state index in [2.05, 4.69) is 32.2 Å². The van der Waals surface area contributed by atoms with Crippen LogP contribution < -0.4 is 0 Å². The molecular weight excluding hydrogens is 290 g/mol. The number of carbonyl (C=O) groups is 1. The highest BCUT2D eigenvalue weighted by molar-refractivity contribution is 5.79. The molecule has 0 saturated carbocycles. The van der Waals surface area contributed by atoms with Gasteiger partial charge in [-0.05, 0) is 23.8 Å². The Morgan fingerprint density at radius 2 is 2.00 bits per heavy atom. The van der Waals surface area contributed by atoms with Crippen molar-refractivity contribution < 1.29 is 4.79 Å². The number of imidazole rings is 1. The van der Waals surface area contributed by atoms with Crippen molar-refractivity contribution in [3.63, 3.8) is 0 Å². The molecule has 0 N–H and O–H groups in total. The van der Waals surface area contributed by atoms with Gasteiger partial charge in [0.25, 0.3) is 5.78 Å².